The van der Waals surface area contributed by atoms with Gasteiger partial charge in [-0.25, -0.2) is 12.8 Å². The first kappa shape index (κ1) is 14.5. The number of hydrogen-bond acceptors (Lipinski definition) is 3. The molecule has 114 valence electrons. The third-order valence-corrected chi connectivity index (χ3v) is 6.54. The summed E-state index contributed by atoms with van der Waals surface area (Å²) in [5, 5.41) is -0.480. The third kappa shape index (κ3) is 2.95. The van der Waals surface area contributed by atoms with Crippen LogP contribution in [-0.4, -0.2) is 37.6 Å². The van der Waals surface area contributed by atoms with E-state index in [4.69, 9.17) is 0 Å². The van der Waals surface area contributed by atoms with Gasteiger partial charge in [0.15, 0.2) is 9.84 Å². The molecule has 0 N–H and O–H groups in total. The molecule has 0 spiro atoms. The fraction of sp³-hybridized carbons (Fsp3) is 0.533. The molecule has 1 aliphatic heterocycles. The largest absolute Gasteiger partial charge is 0.342 e. The zero-order chi connectivity index (χ0) is 15.0. The average Bonchev–Trinajstić information content (AvgIpc) is 3.32. The van der Waals surface area contributed by atoms with Crippen LogP contribution in [0.2, 0.25) is 0 Å². The molecule has 2 aliphatic rings. The van der Waals surface area contributed by atoms with E-state index in [9.17, 15) is 17.6 Å². The number of likely N-dealkylation sites (tertiary alicyclic amines) is 1. The van der Waals surface area contributed by atoms with Gasteiger partial charge < -0.3 is 4.90 Å². The minimum atomic E-state index is -3.44. The summed E-state index contributed by atoms with van der Waals surface area (Å²) in [5.41, 5.74) is 0. The summed E-state index contributed by atoms with van der Waals surface area (Å²) in [6, 6.07) is 4.95. The topological polar surface area (TPSA) is 54.5 Å². The summed E-state index contributed by atoms with van der Waals surface area (Å²) >= 11 is 0. The second kappa shape index (κ2) is 5.40. The number of carbonyl (C=O) groups is 1. The summed E-state index contributed by atoms with van der Waals surface area (Å²) < 4.78 is 37.9. The zero-order valence-electron chi connectivity index (χ0n) is 11.7. The van der Waals surface area contributed by atoms with Crippen molar-refractivity contribution in [3.05, 3.63) is 30.1 Å². The molecular weight excluding hydrogens is 293 g/mol. The predicted molar refractivity (Wildman–Crippen MR) is 75.9 cm³/mol. The van der Waals surface area contributed by atoms with E-state index < -0.39 is 20.9 Å². The van der Waals surface area contributed by atoms with Crippen LogP contribution in [0.5, 0.6) is 0 Å². The van der Waals surface area contributed by atoms with Crippen molar-refractivity contribution in [3.8, 4) is 0 Å². The van der Waals surface area contributed by atoms with Gasteiger partial charge in [0.25, 0.3) is 0 Å². The van der Waals surface area contributed by atoms with Gasteiger partial charge in [-0.05, 0) is 49.9 Å². The van der Waals surface area contributed by atoms with Crippen molar-refractivity contribution in [2.75, 3.05) is 13.1 Å². The highest BCUT2D eigenvalue weighted by Crippen LogP contribution is 2.33. The maximum atomic E-state index is 12.9. The van der Waals surface area contributed by atoms with Gasteiger partial charge in [-0.3, -0.25) is 4.79 Å². The van der Waals surface area contributed by atoms with Gasteiger partial charge in [0.1, 0.15) is 5.82 Å². The second-order valence-corrected chi connectivity index (χ2v) is 8.03. The number of hydrogen-bond donors (Lipinski definition) is 0. The van der Waals surface area contributed by atoms with E-state index in [2.05, 4.69) is 0 Å². The number of carbonyl (C=O) groups excluding carboxylic acids is 1. The summed E-state index contributed by atoms with van der Waals surface area (Å²) in [6.45, 7) is 1.00. The first-order valence-electron chi connectivity index (χ1n) is 7.27. The van der Waals surface area contributed by atoms with E-state index >= 15 is 0 Å². The molecule has 6 heteroatoms. The smallest absolute Gasteiger partial charge is 0.225 e. The molecule has 1 amide bonds. The minimum Gasteiger partial charge on any atom is -0.342 e. The lowest BCUT2D eigenvalue weighted by atomic mass is 10.1. The Kier molecular flexibility index (Phi) is 3.73. The Hall–Kier alpha value is -1.43. The monoisotopic (exact) mass is 311 g/mol. The number of sulfone groups is 1. The van der Waals surface area contributed by atoms with Crippen LogP contribution < -0.4 is 0 Å². The Morgan fingerprint density at radius 2 is 1.62 bits per heavy atom. The highest BCUT2D eigenvalue weighted by atomic mass is 32.2. The summed E-state index contributed by atoms with van der Waals surface area (Å²) in [4.78, 5) is 13.9. The van der Waals surface area contributed by atoms with Crippen LogP contribution >= 0.6 is 0 Å². The Bertz CT molecular complexity index is 629. The minimum absolute atomic E-state index is 0.163. The van der Waals surface area contributed by atoms with Crippen molar-refractivity contribution in [2.24, 2.45) is 5.92 Å². The van der Waals surface area contributed by atoms with Crippen molar-refractivity contribution in [1.82, 2.24) is 4.90 Å². The van der Waals surface area contributed by atoms with Crippen LogP contribution in [-0.2, 0) is 14.6 Å². The van der Waals surface area contributed by atoms with Crippen LogP contribution in [0, 0.1) is 11.7 Å². The maximum Gasteiger partial charge on any atom is 0.225 e. The Morgan fingerprint density at radius 1 is 1.05 bits per heavy atom. The van der Waals surface area contributed by atoms with E-state index in [-0.39, 0.29) is 16.7 Å². The quantitative estimate of drug-likeness (QED) is 0.802. The van der Waals surface area contributed by atoms with Crippen LogP contribution in [0.1, 0.15) is 25.7 Å². The van der Waals surface area contributed by atoms with Gasteiger partial charge in [-0.2, -0.15) is 0 Å². The Morgan fingerprint density at radius 3 is 2.14 bits per heavy atom. The number of piperidine rings is 1. The third-order valence-electron chi connectivity index (χ3n) is 4.26. The summed E-state index contributed by atoms with van der Waals surface area (Å²) in [7, 11) is -3.44. The van der Waals surface area contributed by atoms with Crippen LogP contribution in [0.15, 0.2) is 29.2 Å². The van der Waals surface area contributed by atoms with E-state index in [1.54, 1.807) is 4.90 Å². The molecule has 1 aliphatic carbocycles. The Labute approximate surface area is 123 Å². The van der Waals surface area contributed by atoms with Crippen molar-refractivity contribution in [1.29, 1.82) is 0 Å². The first-order chi connectivity index (χ1) is 9.98. The SMILES string of the molecule is O=C(C1CC1)N1CCC(S(=O)(=O)c2ccc(F)cc2)CC1. The number of nitrogens with zero attached hydrogens (tertiary/aromatic N) is 1. The molecule has 1 heterocycles. The van der Waals surface area contributed by atoms with Gasteiger partial charge in [-0.1, -0.05) is 0 Å². The molecule has 0 atom stereocenters. The number of halogens is 1. The zero-order valence-corrected chi connectivity index (χ0v) is 12.5. The fourth-order valence-corrected chi connectivity index (χ4v) is 4.52. The molecule has 1 aromatic carbocycles. The number of rotatable bonds is 3. The molecule has 1 aromatic rings. The average molecular weight is 311 g/mol. The highest BCUT2D eigenvalue weighted by molar-refractivity contribution is 7.92. The molecule has 0 bridgehead atoms. The molecule has 0 aromatic heterocycles. The van der Waals surface area contributed by atoms with Crippen molar-refractivity contribution >= 4 is 15.7 Å². The van der Waals surface area contributed by atoms with Gasteiger partial charge in [0.2, 0.25) is 5.91 Å². The maximum absolute atomic E-state index is 12.9. The second-order valence-electron chi connectivity index (χ2n) is 5.80. The Balaban J connectivity index is 1.68. The fourth-order valence-electron chi connectivity index (χ4n) is 2.79. The standard InChI is InChI=1S/C15H18FNO3S/c16-12-3-5-13(6-4-12)21(19,20)14-7-9-17(10-8-14)15(18)11-1-2-11/h3-6,11,14H,1-2,7-10H2. The summed E-state index contributed by atoms with van der Waals surface area (Å²) in [6.07, 6.45) is 2.84. The number of amides is 1. The van der Waals surface area contributed by atoms with E-state index in [0.717, 1.165) is 12.8 Å². The van der Waals surface area contributed by atoms with Gasteiger partial charge >= 0.3 is 0 Å². The lowest BCUT2D eigenvalue weighted by molar-refractivity contribution is -0.133. The van der Waals surface area contributed by atoms with Crippen molar-refractivity contribution in [3.63, 3.8) is 0 Å². The molecule has 2 fully saturated rings. The first-order valence-corrected chi connectivity index (χ1v) is 8.81. The van der Waals surface area contributed by atoms with Crippen LogP contribution in [0.4, 0.5) is 4.39 Å². The number of benzene rings is 1. The van der Waals surface area contributed by atoms with E-state index in [1.807, 2.05) is 0 Å². The van der Waals surface area contributed by atoms with Crippen LogP contribution in [0.25, 0.3) is 0 Å². The molecule has 3 rings (SSSR count). The van der Waals surface area contributed by atoms with Crippen LogP contribution in [0.3, 0.4) is 0 Å². The summed E-state index contributed by atoms with van der Waals surface area (Å²) in [5.74, 6) is -0.0957. The van der Waals surface area contributed by atoms with Gasteiger partial charge in [0, 0.05) is 19.0 Å². The molecule has 21 heavy (non-hydrogen) atoms. The van der Waals surface area contributed by atoms with Crippen molar-refractivity contribution in [2.45, 2.75) is 35.8 Å². The van der Waals surface area contributed by atoms with Crippen molar-refractivity contribution < 1.29 is 17.6 Å². The normalized spacial score (nSPS) is 20.5. The molecule has 0 radical (unpaired) electrons. The molecule has 0 unspecified atom stereocenters. The van der Waals surface area contributed by atoms with Gasteiger partial charge in [-0.15, -0.1) is 0 Å². The molecule has 1 saturated heterocycles. The predicted octanol–water partition coefficient (Wildman–Crippen LogP) is 2.00. The lowest BCUT2D eigenvalue weighted by Gasteiger charge is -2.31. The molecular formula is C15H18FNO3S. The lowest BCUT2D eigenvalue weighted by Crippen LogP contribution is -2.43. The molecule has 1 saturated carbocycles. The van der Waals surface area contributed by atoms with Gasteiger partial charge in [0.05, 0.1) is 10.1 Å². The van der Waals surface area contributed by atoms with E-state index in [0.29, 0.717) is 25.9 Å². The van der Waals surface area contributed by atoms with E-state index in [1.165, 1.54) is 24.3 Å². The highest BCUT2D eigenvalue weighted by Gasteiger charge is 2.37. The molecule has 4 nitrogen and oxygen atoms in total.